The van der Waals surface area contributed by atoms with Gasteiger partial charge >= 0.3 is 0 Å². The van der Waals surface area contributed by atoms with E-state index in [4.69, 9.17) is 4.74 Å². The highest BCUT2D eigenvalue weighted by atomic mass is 19.1. The Morgan fingerprint density at radius 2 is 2.09 bits per heavy atom. The summed E-state index contributed by atoms with van der Waals surface area (Å²) in [6.45, 7) is 7.27. The van der Waals surface area contributed by atoms with Gasteiger partial charge in [-0.25, -0.2) is 8.78 Å². The molecule has 0 bridgehead atoms. The molecule has 0 saturated carbocycles. The summed E-state index contributed by atoms with van der Waals surface area (Å²) >= 11 is 0. The van der Waals surface area contributed by atoms with Gasteiger partial charge in [0, 0.05) is 5.56 Å². The van der Waals surface area contributed by atoms with Crippen LogP contribution < -0.4 is 0 Å². The van der Waals surface area contributed by atoms with Crippen LogP contribution in [0.15, 0.2) is 41.0 Å². The minimum atomic E-state index is -0.562. The molecule has 0 aromatic heterocycles. The second-order valence-corrected chi connectivity index (χ2v) is 5.71. The van der Waals surface area contributed by atoms with Crippen LogP contribution in [-0.4, -0.2) is 35.3 Å². The van der Waals surface area contributed by atoms with Crippen LogP contribution in [0.1, 0.15) is 25.3 Å². The fraction of sp³-hybridized carbons (Fsp3) is 0.500. The van der Waals surface area contributed by atoms with E-state index < -0.39 is 11.6 Å². The standard InChI is InChI=1S/C16H20F2N4O/c1-3-5-15-16(21-8-9-23-11(21)2)19-20-22(15)10-12-13(17)6-4-7-14(12)18/h4,6-7,15-16H,2-3,5,8-10H2,1H3. The Balaban J connectivity index is 1.80. The molecule has 0 spiro atoms. The van der Waals surface area contributed by atoms with E-state index >= 15 is 0 Å². The summed E-state index contributed by atoms with van der Waals surface area (Å²) in [7, 11) is 0. The average Bonchev–Trinajstić information content (AvgIpc) is 3.10. The molecule has 124 valence electrons. The number of ether oxygens (including phenoxy) is 1. The zero-order valence-electron chi connectivity index (χ0n) is 13.1. The van der Waals surface area contributed by atoms with E-state index in [1.807, 2.05) is 4.90 Å². The molecule has 2 heterocycles. The molecular formula is C16H20F2N4O. The van der Waals surface area contributed by atoms with E-state index in [2.05, 4.69) is 23.8 Å². The fourth-order valence-electron chi connectivity index (χ4n) is 3.02. The zero-order chi connectivity index (χ0) is 16.4. The smallest absolute Gasteiger partial charge is 0.183 e. The van der Waals surface area contributed by atoms with Gasteiger partial charge < -0.3 is 9.64 Å². The maximum Gasteiger partial charge on any atom is 0.183 e. The first kappa shape index (κ1) is 15.7. The molecule has 2 atom stereocenters. The molecule has 1 aromatic rings. The fourth-order valence-corrected chi connectivity index (χ4v) is 3.02. The SMILES string of the molecule is C=C1OCCN1C1N=NN(Cc2c(F)cccc2F)C1CCC. The molecule has 7 heteroatoms. The van der Waals surface area contributed by atoms with Crippen molar-refractivity contribution >= 4 is 0 Å². The third kappa shape index (κ3) is 3.00. The molecule has 0 radical (unpaired) electrons. The summed E-state index contributed by atoms with van der Waals surface area (Å²) in [5.41, 5.74) is 0.0182. The highest BCUT2D eigenvalue weighted by molar-refractivity contribution is 5.19. The number of hydrogen-bond donors (Lipinski definition) is 0. The second kappa shape index (κ2) is 6.52. The van der Waals surface area contributed by atoms with Crippen LogP contribution in [0.2, 0.25) is 0 Å². The lowest BCUT2D eigenvalue weighted by Gasteiger charge is -2.30. The number of hydrogen-bond acceptors (Lipinski definition) is 5. The van der Waals surface area contributed by atoms with E-state index in [9.17, 15) is 8.78 Å². The van der Waals surface area contributed by atoms with Gasteiger partial charge in [-0.3, -0.25) is 5.01 Å². The summed E-state index contributed by atoms with van der Waals surface area (Å²) < 4.78 is 33.2. The summed E-state index contributed by atoms with van der Waals surface area (Å²) in [4.78, 5) is 1.96. The van der Waals surface area contributed by atoms with Crippen molar-refractivity contribution in [2.45, 2.75) is 38.5 Å². The summed E-state index contributed by atoms with van der Waals surface area (Å²) in [6, 6.07) is 3.82. The van der Waals surface area contributed by atoms with Gasteiger partial charge in [-0.15, -0.1) is 5.11 Å². The Bertz CT molecular complexity index is 602. The van der Waals surface area contributed by atoms with Crippen molar-refractivity contribution in [1.29, 1.82) is 0 Å². The van der Waals surface area contributed by atoms with Gasteiger partial charge in [-0.1, -0.05) is 24.6 Å². The number of benzene rings is 1. The summed E-state index contributed by atoms with van der Waals surface area (Å²) in [6.07, 6.45) is 1.51. The first-order chi connectivity index (χ1) is 11.1. The van der Waals surface area contributed by atoms with Crippen LogP contribution in [0, 0.1) is 11.6 Å². The molecule has 5 nitrogen and oxygen atoms in total. The Kier molecular flexibility index (Phi) is 4.45. The molecule has 0 N–H and O–H groups in total. The summed E-state index contributed by atoms with van der Waals surface area (Å²) in [5, 5.41) is 10.1. The minimum Gasteiger partial charge on any atom is -0.478 e. The van der Waals surface area contributed by atoms with Gasteiger partial charge in [0.1, 0.15) is 18.2 Å². The number of rotatable bonds is 5. The Hall–Kier alpha value is -2.18. The molecule has 0 amide bonds. The van der Waals surface area contributed by atoms with E-state index in [0.29, 0.717) is 19.0 Å². The molecule has 23 heavy (non-hydrogen) atoms. The lowest BCUT2D eigenvalue weighted by molar-refractivity contribution is 0.131. The molecule has 1 aromatic carbocycles. The molecule has 2 aliphatic rings. The van der Waals surface area contributed by atoms with Crippen LogP contribution >= 0.6 is 0 Å². The second-order valence-electron chi connectivity index (χ2n) is 5.71. The van der Waals surface area contributed by atoms with Crippen molar-refractivity contribution in [3.63, 3.8) is 0 Å². The maximum atomic E-state index is 13.9. The molecule has 1 saturated heterocycles. The van der Waals surface area contributed by atoms with Crippen molar-refractivity contribution in [2.24, 2.45) is 10.3 Å². The lowest BCUT2D eigenvalue weighted by Crippen LogP contribution is -2.43. The Labute approximate surface area is 134 Å². The molecule has 0 aliphatic carbocycles. The van der Waals surface area contributed by atoms with Crippen LogP contribution in [0.4, 0.5) is 8.78 Å². The van der Waals surface area contributed by atoms with Gasteiger partial charge in [-0.2, -0.15) is 0 Å². The van der Waals surface area contributed by atoms with Crippen molar-refractivity contribution in [1.82, 2.24) is 9.91 Å². The van der Waals surface area contributed by atoms with Crippen molar-refractivity contribution in [2.75, 3.05) is 13.2 Å². The molecule has 1 fully saturated rings. The van der Waals surface area contributed by atoms with E-state index in [1.54, 1.807) is 5.01 Å². The van der Waals surface area contributed by atoms with Gasteiger partial charge in [0.2, 0.25) is 0 Å². The topological polar surface area (TPSA) is 40.4 Å². The van der Waals surface area contributed by atoms with Crippen LogP contribution in [0.3, 0.4) is 0 Å². The normalized spacial score (nSPS) is 23.7. The van der Waals surface area contributed by atoms with Gasteiger partial charge in [0.05, 0.1) is 19.1 Å². The van der Waals surface area contributed by atoms with Gasteiger partial charge in [-0.05, 0) is 25.1 Å². The first-order valence-electron chi connectivity index (χ1n) is 7.80. The third-order valence-electron chi connectivity index (χ3n) is 4.22. The number of nitrogens with zero attached hydrogens (tertiary/aromatic N) is 4. The Morgan fingerprint density at radius 3 is 2.70 bits per heavy atom. The van der Waals surface area contributed by atoms with Crippen molar-refractivity contribution in [3.8, 4) is 0 Å². The average molecular weight is 322 g/mol. The van der Waals surface area contributed by atoms with Gasteiger partial charge in [0.25, 0.3) is 0 Å². The van der Waals surface area contributed by atoms with Crippen LogP contribution in [-0.2, 0) is 11.3 Å². The predicted molar refractivity (Wildman–Crippen MR) is 81.0 cm³/mol. The van der Waals surface area contributed by atoms with Crippen LogP contribution in [0.5, 0.6) is 0 Å². The quantitative estimate of drug-likeness (QED) is 0.834. The molecule has 3 rings (SSSR count). The highest BCUT2D eigenvalue weighted by Crippen LogP contribution is 2.31. The van der Waals surface area contributed by atoms with Crippen LogP contribution in [0.25, 0.3) is 0 Å². The maximum absolute atomic E-state index is 13.9. The highest BCUT2D eigenvalue weighted by Gasteiger charge is 2.39. The van der Waals surface area contributed by atoms with E-state index in [0.717, 1.165) is 12.8 Å². The largest absolute Gasteiger partial charge is 0.478 e. The Morgan fingerprint density at radius 1 is 1.35 bits per heavy atom. The number of halogens is 2. The first-order valence-corrected chi connectivity index (χ1v) is 7.80. The monoisotopic (exact) mass is 322 g/mol. The van der Waals surface area contributed by atoms with Crippen molar-refractivity contribution < 1.29 is 13.5 Å². The predicted octanol–water partition coefficient (Wildman–Crippen LogP) is 3.45. The molecule has 2 unspecified atom stereocenters. The van der Waals surface area contributed by atoms with Crippen molar-refractivity contribution in [3.05, 3.63) is 47.9 Å². The lowest BCUT2D eigenvalue weighted by atomic mass is 10.1. The van der Waals surface area contributed by atoms with Gasteiger partial charge in [0.15, 0.2) is 12.0 Å². The molecule has 2 aliphatic heterocycles. The zero-order valence-corrected chi connectivity index (χ0v) is 13.1. The van der Waals surface area contributed by atoms with E-state index in [-0.39, 0.29) is 24.3 Å². The third-order valence-corrected chi connectivity index (χ3v) is 4.22. The molecular weight excluding hydrogens is 302 g/mol. The summed E-state index contributed by atoms with van der Waals surface area (Å²) in [5.74, 6) is -0.547. The van der Waals surface area contributed by atoms with E-state index in [1.165, 1.54) is 18.2 Å². The minimum absolute atomic E-state index is 0.0182.